The van der Waals surface area contributed by atoms with Gasteiger partial charge in [-0.1, -0.05) is 51.8 Å². The average Bonchev–Trinajstić information content (AvgIpc) is 2.57. The number of carbonyl (C=O) groups excluding carboxylic acids is 1. The van der Waals surface area contributed by atoms with Gasteiger partial charge in [-0.25, -0.2) is 0 Å². The number of thiocarbonyl (C=S) groups is 1. The van der Waals surface area contributed by atoms with Gasteiger partial charge in [0.2, 0.25) is 0 Å². The summed E-state index contributed by atoms with van der Waals surface area (Å²) >= 11 is 8.88. The van der Waals surface area contributed by atoms with E-state index in [0.29, 0.717) is 10.7 Å². The van der Waals surface area contributed by atoms with Crippen LogP contribution in [0.25, 0.3) is 0 Å². The van der Waals surface area contributed by atoms with Crippen molar-refractivity contribution in [1.29, 1.82) is 0 Å². The highest BCUT2D eigenvalue weighted by atomic mass is 79.9. The van der Waals surface area contributed by atoms with Gasteiger partial charge in [0.1, 0.15) is 0 Å². The lowest BCUT2D eigenvalue weighted by atomic mass is 9.95. The van der Waals surface area contributed by atoms with Crippen LogP contribution in [0.4, 0.5) is 5.69 Å². The molecular weight excluding hydrogens is 410 g/mol. The zero-order chi connectivity index (χ0) is 18.8. The lowest BCUT2D eigenvalue weighted by Gasteiger charge is -2.31. The Morgan fingerprint density at radius 2 is 1.88 bits per heavy atom. The molecule has 26 heavy (non-hydrogen) atoms. The van der Waals surface area contributed by atoms with Gasteiger partial charge in [-0.15, -0.1) is 0 Å². The van der Waals surface area contributed by atoms with Crippen LogP contribution in [0.15, 0.2) is 58.2 Å². The van der Waals surface area contributed by atoms with E-state index in [2.05, 4.69) is 37.9 Å². The number of hydrogen-bond acceptors (Lipinski definition) is 2. The molecule has 0 bridgehead atoms. The van der Waals surface area contributed by atoms with Gasteiger partial charge in [-0.05, 0) is 56.2 Å². The molecule has 4 nitrogen and oxygen atoms in total. The maximum Gasteiger partial charge on any atom is 0.255 e. The molecule has 0 aliphatic carbocycles. The average molecular weight is 430 g/mol. The Morgan fingerprint density at radius 1 is 1.15 bits per heavy atom. The van der Waals surface area contributed by atoms with E-state index in [4.69, 9.17) is 12.2 Å². The Balaban J connectivity index is 1.98. The van der Waals surface area contributed by atoms with Crippen LogP contribution in [0, 0.1) is 13.8 Å². The summed E-state index contributed by atoms with van der Waals surface area (Å²) in [6.07, 6.45) is 0. The van der Waals surface area contributed by atoms with E-state index in [-0.39, 0.29) is 11.9 Å². The fourth-order valence-corrected chi connectivity index (χ4v) is 3.87. The summed E-state index contributed by atoms with van der Waals surface area (Å²) in [6, 6.07) is 13.5. The third-order valence-electron chi connectivity index (χ3n) is 4.36. The highest BCUT2D eigenvalue weighted by molar-refractivity contribution is 9.10. The van der Waals surface area contributed by atoms with Gasteiger partial charge < -0.3 is 16.0 Å². The summed E-state index contributed by atoms with van der Waals surface area (Å²) in [5.41, 5.74) is 5.32. The van der Waals surface area contributed by atoms with Crippen molar-refractivity contribution in [3.8, 4) is 0 Å². The van der Waals surface area contributed by atoms with E-state index in [1.807, 2.05) is 57.2 Å². The van der Waals surface area contributed by atoms with E-state index in [1.165, 1.54) is 0 Å². The molecule has 1 atom stereocenters. The third-order valence-corrected chi connectivity index (χ3v) is 5.30. The third kappa shape index (κ3) is 3.81. The number of amides is 1. The first kappa shape index (κ1) is 18.6. The number of allylic oxidation sites excluding steroid dienone is 1. The maximum atomic E-state index is 13.1. The zero-order valence-corrected chi connectivity index (χ0v) is 17.2. The second-order valence-corrected chi connectivity index (χ2v) is 7.63. The van der Waals surface area contributed by atoms with Gasteiger partial charge in [0, 0.05) is 15.9 Å². The van der Waals surface area contributed by atoms with Gasteiger partial charge >= 0.3 is 0 Å². The summed E-state index contributed by atoms with van der Waals surface area (Å²) in [4.78, 5) is 13.1. The zero-order valence-electron chi connectivity index (χ0n) is 14.8. The Hall–Kier alpha value is -2.18. The highest BCUT2D eigenvalue weighted by Crippen LogP contribution is 2.32. The maximum absolute atomic E-state index is 13.1. The van der Waals surface area contributed by atoms with Crippen LogP contribution >= 0.6 is 28.1 Å². The first-order chi connectivity index (χ1) is 12.4. The van der Waals surface area contributed by atoms with Crippen LogP contribution in [-0.4, -0.2) is 11.0 Å². The van der Waals surface area contributed by atoms with Crippen LogP contribution in [0.5, 0.6) is 0 Å². The van der Waals surface area contributed by atoms with E-state index < -0.39 is 0 Å². The minimum atomic E-state index is -0.329. The smallest absolute Gasteiger partial charge is 0.255 e. The molecule has 1 heterocycles. The predicted octanol–water partition coefficient (Wildman–Crippen LogP) is 4.50. The molecule has 0 spiro atoms. The van der Waals surface area contributed by atoms with Crippen LogP contribution in [0.1, 0.15) is 29.7 Å². The molecule has 0 fully saturated rings. The standard InChI is InChI=1S/C20H20BrN3OS/c1-11-8-9-16(12(2)10-11)23-19(25)17-13(3)22-20(26)24-18(17)14-6-4-5-7-15(14)21/h4-10,18H,1-3H3,(H,23,25)(H2,22,24,26)/t18-/m1/s1. The number of hydrogen-bond donors (Lipinski definition) is 3. The summed E-state index contributed by atoms with van der Waals surface area (Å²) in [5.74, 6) is -0.155. The molecule has 134 valence electrons. The molecule has 0 unspecified atom stereocenters. The monoisotopic (exact) mass is 429 g/mol. The molecule has 1 aliphatic heterocycles. The van der Waals surface area contributed by atoms with Crippen molar-refractivity contribution in [3.63, 3.8) is 0 Å². The fraction of sp³-hybridized carbons (Fsp3) is 0.200. The highest BCUT2D eigenvalue weighted by Gasteiger charge is 2.31. The van der Waals surface area contributed by atoms with Gasteiger partial charge in [0.05, 0.1) is 11.6 Å². The van der Waals surface area contributed by atoms with Crippen molar-refractivity contribution in [2.75, 3.05) is 5.32 Å². The van der Waals surface area contributed by atoms with Crippen molar-refractivity contribution < 1.29 is 4.79 Å². The Labute approximate surface area is 167 Å². The molecule has 0 aromatic heterocycles. The molecule has 2 aromatic carbocycles. The van der Waals surface area contributed by atoms with Gasteiger partial charge in [0.25, 0.3) is 5.91 Å². The minimum absolute atomic E-state index is 0.155. The number of rotatable bonds is 3. The molecule has 0 saturated heterocycles. The normalized spacial score (nSPS) is 16.8. The number of benzene rings is 2. The molecule has 1 amide bonds. The van der Waals surface area contributed by atoms with Crippen molar-refractivity contribution in [2.45, 2.75) is 26.8 Å². The number of aryl methyl sites for hydroxylation is 2. The second kappa shape index (κ2) is 7.60. The number of nitrogens with one attached hydrogen (secondary N) is 3. The molecule has 0 saturated carbocycles. The molecule has 3 rings (SSSR count). The summed E-state index contributed by atoms with van der Waals surface area (Å²) in [5, 5.41) is 9.82. The lowest BCUT2D eigenvalue weighted by molar-refractivity contribution is -0.113. The van der Waals surface area contributed by atoms with Crippen molar-refractivity contribution in [3.05, 3.63) is 74.9 Å². The van der Waals surface area contributed by atoms with Gasteiger partial charge in [-0.2, -0.15) is 0 Å². The topological polar surface area (TPSA) is 53.2 Å². The first-order valence-corrected chi connectivity index (χ1v) is 9.48. The van der Waals surface area contributed by atoms with E-state index in [0.717, 1.165) is 32.5 Å². The summed E-state index contributed by atoms with van der Waals surface area (Å²) < 4.78 is 0.923. The minimum Gasteiger partial charge on any atom is -0.351 e. The van der Waals surface area contributed by atoms with Crippen molar-refractivity contribution in [2.24, 2.45) is 0 Å². The van der Waals surface area contributed by atoms with E-state index in [1.54, 1.807) is 0 Å². The fourth-order valence-electron chi connectivity index (χ4n) is 3.08. The number of carbonyl (C=O) groups is 1. The molecule has 3 N–H and O–H groups in total. The molecular formula is C20H20BrN3OS. The predicted molar refractivity (Wildman–Crippen MR) is 113 cm³/mol. The summed E-state index contributed by atoms with van der Waals surface area (Å²) in [6.45, 7) is 5.89. The van der Waals surface area contributed by atoms with Crippen LogP contribution in [0.3, 0.4) is 0 Å². The van der Waals surface area contributed by atoms with Crippen LogP contribution in [-0.2, 0) is 4.79 Å². The van der Waals surface area contributed by atoms with Crippen molar-refractivity contribution in [1.82, 2.24) is 10.6 Å². The molecule has 6 heteroatoms. The Kier molecular flexibility index (Phi) is 5.44. The van der Waals surface area contributed by atoms with Gasteiger partial charge in [0.15, 0.2) is 5.11 Å². The SMILES string of the molecule is CC1=C(C(=O)Nc2ccc(C)cc2C)[C@@H](c2ccccc2Br)NC(=S)N1. The summed E-state index contributed by atoms with van der Waals surface area (Å²) in [7, 11) is 0. The molecule has 2 aromatic rings. The van der Waals surface area contributed by atoms with E-state index >= 15 is 0 Å². The second-order valence-electron chi connectivity index (χ2n) is 6.36. The van der Waals surface area contributed by atoms with E-state index in [9.17, 15) is 4.79 Å². The quantitative estimate of drug-likeness (QED) is 0.628. The Morgan fingerprint density at radius 3 is 2.58 bits per heavy atom. The van der Waals surface area contributed by atoms with Crippen LogP contribution in [0.2, 0.25) is 0 Å². The molecule has 0 radical (unpaired) electrons. The Bertz CT molecular complexity index is 923. The van der Waals surface area contributed by atoms with Gasteiger partial charge in [-0.3, -0.25) is 4.79 Å². The largest absolute Gasteiger partial charge is 0.351 e. The number of halogens is 1. The number of anilines is 1. The first-order valence-electron chi connectivity index (χ1n) is 8.28. The van der Waals surface area contributed by atoms with Crippen LogP contribution < -0.4 is 16.0 Å². The van der Waals surface area contributed by atoms with Crippen molar-refractivity contribution >= 4 is 44.9 Å². The lowest BCUT2D eigenvalue weighted by Crippen LogP contribution is -2.45. The molecule has 1 aliphatic rings.